The van der Waals surface area contributed by atoms with Crippen molar-refractivity contribution in [2.75, 3.05) is 0 Å². The van der Waals surface area contributed by atoms with E-state index in [0.29, 0.717) is 18.4 Å². The molecule has 0 amide bonds. The fourth-order valence-electron chi connectivity index (χ4n) is 1.99. The maximum Gasteiger partial charge on any atom is 0.416 e. The Balaban J connectivity index is 2.38. The van der Waals surface area contributed by atoms with Crippen molar-refractivity contribution in [3.8, 4) is 11.5 Å². The van der Waals surface area contributed by atoms with E-state index in [0.717, 1.165) is 12.1 Å². The van der Waals surface area contributed by atoms with E-state index >= 15 is 0 Å². The molecule has 0 heterocycles. The quantitative estimate of drug-likeness (QED) is 0.593. The summed E-state index contributed by atoms with van der Waals surface area (Å²) < 4.78 is 70.8. The first-order valence-corrected chi connectivity index (χ1v) is 6.49. The van der Waals surface area contributed by atoms with Gasteiger partial charge in [0.25, 0.3) is 0 Å². The molecule has 2 nitrogen and oxygen atoms in total. The minimum absolute atomic E-state index is 0.162. The van der Waals surface area contributed by atoms with Crippen LogP contribution in [0.5, 0.6) is 11.5 Å². The van der Waals surface area contributed by atoms with E-state index in [2.05, 4.69) is 0 Å². The van der Waals surface area contributed by atoms with Gasteiger partial charge in [-0.3, -0.25) is 0 Å². The van der Waals surface area contributed by atoms with Crippen LogP contribution in [-0.2, 0) is 17.4 Å². The van der Waals surface area contributed by atoms with Gasteiger partial charge in [-0.1, -0.05) is 0 Å². The van der Waals surface area contributed by atoms with Gasteiger partial charge in [0.15, 0.2) is 11.6 Å². The molecule has 2 aromatic rings. The second-order valence-corrected chi connectivity index (χ2v) is 4.88. The van der Waals surface area contributed by atoms with Crippen LogP contribution in [0.1, 0.15) is 16.7 Å². The molecular formula is C16H11F5O2. The van der Waals surface area contributed by atoms with E-state index in [1.54, 1.807) is 0 Å². The van der Waals surface area contributed by atoms with Crippen LogP contribution in [0, 0.1) is 18.6 Å². The van der Waals surface area contributed by atoms with E-state index in [9.17, 15) is 26.7 Å². The van der Waals surface area contributed by atoms with Gasteiger partial charge in [-0.15, -0.1) is 0 Å². The van der Waals surface area contributed by atoms with Crippen molar-refractivity contribution >= 4 is 6.29 Å². The van der Waals surface area contributed by atoms with Crippen LogP contribution in [0.25, 0.3) is 0 Å². The first-order valence-electron chi connectivity index (χ1n) is 6.49. The molecule has 0 bridgehead atoms. The van der Waals surface area contributed by atoms with Crippen LogP contribution < -0.4 is 4.74 Å². The lowest BCUT2D eigenvalue weighted by Crippen LogP contribution is -2.05. The SMILES string of the molecule is Cc1cc(Oc2cc(F)c(CC=O)cc2F)cc(C(F)(F)F)c1. The van der Waals surface area contributed by atoms with Crippen molar-refractivity contribution in [3.63, 3.8) is 0 Å². The van der Waals surface area contributed by atoms with Gasteiger partial charge in [0.1, 0.15) is 17.9 Å². The molecule has 0 aliphatic carbocycles. The monoisotopic (exact) mass is 330 g/mol. The van der Waals surface area contributed by atoms with Gasteiger partial charge in [-0.2, -0.15) is 13.2 Å². The molecule has 0 radical (unpaired) electrons. The van der Waals surface area contributed by atoms with Gasteiger partial charge < -0.3 is 9.53 Å². The number of carbonyl (C=O) groups excluding carboxylic acids is 1. The molecule has 2 rings (SSSR count). The van der Waals surface area contributed by atoms with Crippen molar-refractivity contribution < 1.29 is 31.5 Å². The smallest absolute Gasteiger partial charge is 0.416 e. The van der Waals surface area contributed by atoms with Gasteiger partial charge in [0, 0.05) is 12.5 Å². The van der Waals surface area contributed by atoms with Crippen LogP contribution in [0.4, 0.5) is 22.0 Å². The average Bonchev–Trinajstić information content (AvgIpc) is 2.43. The number of aldehydes is 1. The van der Waals surface area contributed by atoms with Crippen molar-refractivity contribution in [3.05, 3.63) is 58.7 Å². The standard InChI is InChI=1S/C16H11F5O2/c1-9-4-11(16(19,20)21)7-12(5-9)23-15-8-13(17)10(2-3-22)6-14(15)18/h3-8H,2H2,1H3. The predicted molar refractivity (Wildman–Crippen MR) is 72.4 cm³/mol. The molecule has 0 fully saturated rings. The molecule has 0 saturated carbocycles. The zero-order chi connectivity index (χ0) is 17.2. The summed E-state index contributed by atoms with van der Waals surface area (Å²) in [5.74, 6) is -2.68. The Bertz CT molecular complexity index is 738. The third kappa shape index (κ3) is 4.06. The number of rotatable bonds is 4. The fraction of sp³-hybridized carbons (Fsp3) is 0.188. The van der Waals surface area contributed by atoms with Gasteiger partial charge in [-0.25, -0.2) is 8.78 Å². The van der Waals surface area contributed by atoms with Crippen molar-refractivity contribution in [1.82, 2.24) is 0 Å². The molecule has 0 unspecified atom stereocenters. The summed E-state index contributed by atoms with van der Waals surface area (Å²) in [4.78, 5) is 10.4. The van der Waals surface area contributed by atoms with Gasteiger partial charge in [0.05, 0.1) is 5.56 Å². The highest BCUT2D eigenvalue weighted by atomic mass is 19.4. The summed E-state index contributed by atoms with van der Waals surface area (Å²) in [5, 5.41) is 0. The Labute approximate surface area is 128 Å². The van der Waals surface area contributed by atoms with Crippen LogP contribution in [0.2, 0.25) is 0 Å². The molecule has 0 saturated heterocycles. The normalized spacial score (nSPS) is 11.4. The third-order valence-corrected chi connectivity index (χ3v) is 3.01. The molecule has 23 heavy (non-hydrogen) atoms. The maximum atomic E-state index is 13.8. The lowest BCUT2D eigenvalue weighted by Gasteiger charge is -2.12. The largest absolute Gasteiger partial charge is 0.454 e. The summed E-state index contributed by atoms with van der Waals surface area (Å²) in [6.07, 6.45) is -4.48. The van der Waals surface area contributed by atoms with Gasteiger partial charge >= 0.3 is 6.18 Å². The van der Waals surface area contributed by atoms with Gasteiger partial charge in [-0.05, 0) is 42.3 Å². The highest BCUT2D eigenvalue weighted by Crippen LogP contribution is 2.34. The number of alkyl halides is 3. The average molecular weight is 330 g/mol. The predicted octanol–water partition coefficient (Wildman–Crippen LogP) is 4.83. The molecule has 7 heteroatoms. The van der Waals surface area contributed by atoms with E-state index in [1.165, 1.54) is 13.0 Å². The summed E-state index contributed by atoms with van der Waals surface area (Å²) in [7, 11) is 0. The van der Waals surface area contributed by atoms with E-state index < -0.39 is 29.1 Å². The first kappa shape index (κ1) is 16.9. The lowest BCUT2D eigenvalue weighted by molar-refractivity contribution is -0.137. The minimum Gasteiger partial charge on any atom is -0.454 e. The van der Waals surface area contributed by atoms with Crippen LogP contribution in [0.15, 0.2) is 30.3 Å². The van der Waals surface area contributed by atoms with Gasteiger partial charge in [0.2, 0.25) is 0 Å². The number of hydrogen-bond acceptors (Lipinski definition) is 2. The number of benzene rings is 2. The molecule has 0 aliphatic heterocycles. The molecule has 0 aromatic heterocycles. The molecule has 0 atom stereocenters. The van der Waals surface area contributed by atoms with E-state index in [1.807, 2.05) is 0 Å². The highest BCUT2D eigenvalue weighted by Gasteiger charge is 2.31. The highest BCUT2D eigenvalue weighted by molar-refractivity contribution is 5.55. The van der Waals surface area contributed by atoms with Crippen LogP contribution >= 0.6 is 0 Å². The Morgan fingerprint density at radius 3 is 2.35 bits per heavy atom. The van der Waals surface area contributed by atoms with Crippen molar-refractivity contribution in [1.29, 1.82) is 0 Å². The summed E-state index contributed by atoms with van der Waals surface area (Å²) in [6.45, 7) is 1.42. The molecule has 0 aliphatic rings. The van der Waals surface area contributed by atoms with Crippen LogP contribution in [-0.4, -0.2) is 6.29 Å². The first-order chi connectivity index (χ1) is 10.7. The second kappa shape index (κ2) is 6.36. The summed E-state index contributed by atoms with van der Waals surface area (Å²) in [5.41, 5.74) is -0.857. The lowest BCUT2D eigenvalue weighted by atomic mass is 10.1. The Morgan fingerprint density at radius 1 is 1.04 bits per heavy atom. The molecular weight excluding hydrogens is 319 g/mol. The number of ether oxygens (including phenoxy) is 1. The Morgan fingerprint density at radius 2 is 1.74 bits per heavy atom. The number of carbonyl (C=O) groups is 1. The summed E-state index contributed by atoms with van der Waals surface area (Å²) >= 11 is 0. The zero-order valence-electron chi connectivity index (χ0n) is 11.9. The molecule has 0 N–H and O–H groups in total. The molecule has 122 valence electrons. The minimum atomic E-state index is -4.58. The number of halogens is 5. The Hall–Kier alpha value is -2.44. The van der Waals surface area contributed by atoms with E-state index in [-0.39, 0.29) is 23.3 Å². The third-order valence-electron chi connectivity index (χ3n) is 3.01. The van der Waals surface area contributed by atoms with Crippen LogP contribution in [0.3, 0.4) is 0 Å². The topological polar surface area (TPSA) is 26.3 Å². The fourth-order valence-corrected chi connectivity index (χ4v) is 1.99. The number of aryl methyl sites for hydroxylation is 1. The number of hydrogen-bond donors (Lipinski definition) is 0. The molecule has 2 aromatic carbocycles. The molecule has 0 spiro atoms. The second-order valence-electron chi connectivity index (χ2n) is 4.88. The summed E-state index contributed by atoms with van der Waals surface area (Å²) in [6, 6.07) is 4.36. The van der Waals surface area contributed by atoms with Crippen molar-refractivity contribution in [2.45, 2.75) is 19.5 Å². The zero-order valence-corrected chi connectivity index (χ0v) is 11.9. The Kier molecular flexibility index (Phi) is 4.68. The maximum absolute atomic E-state index is 13.8. The van der Waals surface area contributed by atoms with E-state index in [4.69, 9.17) is 4.74 Å². The van der Waals surface area contributed by atoms with Crippen molar-refractivity contribution in [2.24, 2.45) is 0 Å².